The second-order valence-corrected chi connectivity index (χ2v) is 3.35. The lowest BCUT2D eigenvalue weighted by Crippen LogP contribution is -2.47. The molecule has 0 aromatic heterocycles. The Morgan fingerprint density at radius 1 is 1.42 bits per heavy atom. The van der Waals surface area contributed by atoms with E-state index in [1.165, 1.54) is 0 Å². The molecule has 0 aromatic rings. The molecule has 5 heteroatoms. The van der Waals surface area contributed by atoms with Gasteiger partial charge in [-0.25, -0.2) is 0 Å². The molecule has 2 unspecified atom stereocenters. The van der Waals surface area contributed by atoms with Crippen LogP contribution in [0.5, 0.6) is 0 Å². The Balaban J connectivity index is 2.69. The lowest BCUT2D eigenvalue weighted by molar-refractivity contribution is -0.725. The summed E-state index contributed by atoms with van der Waals surface area (Å²) in [5.74, 6) is 0. The van der Waals surface area contributed by atoms with Gasteiger partial charge in [0, 0.05) is 0 Å². The van der Waals surface area contributed by atoms with Crippen LogP contribution in [-0.2, 0) is 0 Å². The largest absolute Gasteiger partial charge is 0.569 e. The monoisotopic (exact) mass is 173 g/mol. The topological polar surface area (TPSA) is 61.9 Å². The second kappa shape index (κ2) is 3.60. The number of piperidine rings is 1. The van der Waals surface area contributed by atoms with Crippen LogP contribution in [0.2, 0.25) is 0 Å². The van der Waals surface area contributed by atoms with Gasteiger partial charge in [0.05, 0.1) is 17.1 Å². The smallest absolute Gasteiger partial charge is 0.230 e. The molecule has 0 aliphatic carbocycles. The van der Waals surface area contributed by atoms with Crippen LogP contribution in [0.1, 0.15) is 33.1 Å². The van der Waals surface area contributed by atoms with Crippen molar-refractivity contribution < 1.29 is 10.2 Å². The van der Waals surface area contributed by atoms with Crippen LogP contribution in [0, 0.1) is 5.21 Å². The van der Waals surface area contributed by atoms with E-state index in [0.717, 1.165) is 19.3 Å². The molecule has 70 valence electrons. The van der Waals surface area contributed by atoms with Crippen LogP contribution >= 0.6 is 0 Å². The normalized spacial score (nSPS) is 32.2. The molecule has 1 rings (SSSR count). The number of rotatable bonds is 1. The molecule has 1 saturated heterocycles. The third-order valence-electron chi connectivity index (χ3n) is 2.42. The fraction of sp³-hybridized carbons (Fsp3) is 1.00. The predicted octanol–water partition coefficient (Wildman–Crippen LogP) is 1.52. The van der Waals surface area contributed by atoms with E-state index in [9.17, 15) is 5.21 Å². The van der Waals surface area contributed by atoms with Gasteiger partial charge < -0.3 is 10.4 Å². The van der Waals surface area contributed by atoms with E-state index < -0.39 is 0 Å². The number of hydrogen-bond donors (Lipinski definition) is 1. The minimum absolute atomic E-state index is 0.169. The zero-order chi connectivity index (χ0) is 9.14. The summed E-state index contributed by atoms with van der Waals surface area (Å²) in [5.41, 5.74) is 0. The Morgan fingerprint density at radius 2 is 1.92 bits per heavy atom. The molecule has 0 amide bonds. The number of nitrogens with zero attached hydrogens (tertiary/aromatic N) is 3. The Hall–Kier alpha value is -1.00. The number of hydrazine groups is 1. The Kier molecular flexibility index (Phi) is 2.73. The first kappa shape index (κ1) is 9.09. The van der Waals surface area contributed by atoms with Crippen LogP contribution in [-0.4, -0.2) is 27.3 Å². The van der Waals surface area contributed by atoms with Crippen molar-refractivity contribution in [1.29, 1.82) is 0 Å². The molecule has 2 atom stereocenters. The zero-order valence-electron chi connectivity index (χ0n) is 7.47. The molecular weight excluding hydrogens is 158 g/mol. The van der Waals surface area contributed by atoms with Crippen molar-refractivity contribution in [2.75, 3.05) is 0 Å². The first-order valence-electron chi connectivity index (χ1n) is 4.27. The molecule has 1 aliphatic rings. The Morgan fingerprint density at radius 3 is 2.33 bits per heavy atom. The summed E-state index contributed by atoms with van der Waals surface area (Å²) in [5, 5.41) is 23.5. The molecule has 5 nitrogen and oxygen atoms in total. The molecule has 0 bridgehead atoms. The molecule has 1 heterocycles. The van der Waals surface area contributed by atoms with Crippen molar-refractivity contribution in [3.63, 3.8) is 0 Å². The minimum atomic E-state index is 0.169. The van der Waals surface area contributed by atoms with Gasteiger partial charge in [0.15, 0.2) is 0 Å². The summed E-state index contributed by atoms with van der Waals surface area (Å²) < 4.78 is 0. The van der Waals surface area contributed by atoms with Gasteiger partial charge in [-0.1, -0.05) is 0 Å². The lowest BCUT2D eigenvalue weighted by atomic mass is 10.00. The standard InChI is InChI=1S/C7H15N3O2/c1-6-4-3-5-7(2)9(6)10(12)8-11/h6-7,11H,3-5H2,1-2H3. The van der Waals surface area contributed by atoms with Crippen LogP contribution in [0.25, 0.3) is 0 Å². The third-order valence-corrected chi connectivity index (χ3v) is 2.42. The summed E-state index contributed by atoms with van der Waals surface area (Å²) in [6.07, 6.45) is 3.11. The fourth-order valence-corrected chi connectivity index (χ4v) is 1.79. The fourth-order valence-electron chi connectivity index (χ4n) is 1.79. The van der Waals surface area contributed by atoms with E-state index in [1.807, 2.05) is 13.8 Å². The molecule has 1 N–H and O–H groups in total. The summed E-state index contributed by atoms with van der Waals surface area (Å²) >= 11 is 0. The van der Waals surface area contributed by atoms with Gasteiger partial charge >= 0.3 is 0 Å². The summed E-state index contributed by atoms with van der Waals surface area (Å²) in [4.78, 5) is 0.286. The molecule has 1 aliphatic heterocycles. The maximum Gasteiger partial charge on any atom is 0.230 e. The van der Waals surface area contributed by atoms with Crippen LogP contribution in [0.4, 0.5) is 0 Å². The predicted molar refractivity (Wildman–Crippen MR) is 42.5 cm³/mol. The summed E-state index contributed by atoms with van der Waals surface area (Å²) in [6.45, 7) is 3.93. The van der Waals surface area contributed by atoms with Gasteiger partial charge in [0.2, 0.25) is 5.28 Å². The molecular formula is C7H15N3O2. The van der Waals surface area contributed by atoms with E-state index in [0.29, 0.717) is 0 Å². The average molecular weight is 173 g/mol. The van der Waals surface area contributed by atoms with Gasteiger partial charge in [-0.2, -0.15) is 0 Å². The van der Waals surface area contributed by atoms with Crippen molar-refractivity contribution in [2.45, 2.75) is 45.2 Å². The van der Waals surface area contributed by atoms with Gasteiger partial charge in [-0.15, -0.1) is 5.01 Å². The van der Waals surface area contributed by atoms with Crippen LogP contribution in [0.3, 0.4) is 0 Å². The van der Waals surface area contributed by atoms with Crippen molar-refractivity contribution >= 4 is 0 Å². The van der Waals surface area contributed by atoms with E-state index in [1.54, 1.807) is 5.01 Å². The van der Waals surface area contributed by atoms with E-state index in [2.05, 4.69) is 5.28 Å². The van der Waals surface area contributed by atoms with E-state index in [-0.39, 0.29) is 17.1 Å². The van der Waals surface area contributed by atoms with Crippen molar-refractivity contribution in [3.8, 4) is 0 Å². The lowest BCUT2D eigenvalue weighted by Gasteiger charge is -2.33. The van der Waals surface area contributed by atoms with E-state index in [4.69, 9.17) is 5.21 Å². The van der Waals surface area contributed by atoms with Gasteiger partial charge in [-0.05, 0) is 33.1 Å². The quantitative estimate of drug-likeness (QED) is 0.371. The number of hydrogen-bond acceptors (Lipinski definition) is 2. The van der Waals surface area contributed by atoms with Crippen molar-refractivity contribution in [1.82, 2.24) is 5.01 Å². The highest BCUT2D eigenvalue weighted by Gasteiger charge is 2.30. The van der Waals surface area contributed by atoms with Crippen LogP contribution in [0.15, 0.2) is 5.28 Å². The van der Waals surface area contributed by atoms with Crippen molar-refractivity contribution in [2.24, 2.45) is 5.28 Å². The maximum atomic E-state index is 11.0. The van der Waals surface area contributed by atoms with Gasteiger partial charge in [0.1, 0.15) is 0 Å². The second-order valence-electron chi connectivity index (χ2n) is 3.35. The highest BCUT2D eigenvalue weighted by atomic mass is 16.6. The Bertz CT molecular complexity index is 173. The molecule has 0 radical (unpaired) electrons. The SMILES string of the molecule is CC1CCCC(C)N1[N+]([O-])=NO. The molecule has 0 spiro atoms. The summed E-state index contributed by atoms with van der Waals surface area (Å²) in [7, 11) is 0. The minimum Gasteiger partial charge on any atom is -0.569 e. The van der Waals surface area contributed by atoms with Gasteiger partial charge in [0.25, 0.3) is 0 Å². The summed E-state index contributed by atoms with van der Waals surface area (Å²) in [6, 6.07) is 0.337. The highest BCUT2D eigenvalue weighted by Crippen LogP contribution is 2.22. The third kappa shape index (κ3) is 1.60. The average Bonchev–Trinajstić information content (AvgIpc) is 2.03. The maximum absolute atomic E-state index is 11.0. The van der Waals surface area contributed by atoms with Crippen LogP contribution < -0.4 is 0 Å². The van der Waals surface area contributed by atoms with E-state index >= 15 is 0 Å². The Labute approximate surface area is 71.8 Å². The molecule has 12 heavy (non-hydrogen) atoms. The molecule has 1 fully saturated rings. The molecule has 0 aromatic carbocycles. The first-order valence-corrected chi connectivity index (χ1v) is 4.27. The molecule has 0 saturated carbocycles. The van der Waals surface area contributed by atoms with Crippen molar-refractivity contribution in [3.05, 3.63) is 5.21 Å². The van der Waals surface area contributed by atoms with Gasteiger partial charge in [-0.3, -0.25) is 0 Å². The highest BCUT2D eigenvalue weighted by molar-refractivity contribution is 4.72. The zero-order valence-corrected chi connectivity index (χ0v) is 7.47. The first-order chi connectivity index (χ1) is 5.66.